The highest BCUT2D eigenvalue weighted by molar-refractivity contribution is 5.93. The first kappa shape index (κ1) is 15.7. The number of rotatable bonds is 3. The SMILES string of the molecule is O=C(c1cc(N2CCCC2)ncn1)N1CCN(c2ncccn2)CC1. The number of nitrogens with zero attached hydrogens (tertiary/aromatic N) is 7. The second-order valence-corrected chi connectivity index (χ2v) is 6.28. The van der Waals surface area contributed by atoms with Crippen molar-refractivity contribution < 1.29 is 4.79 Å². The summed E-state index contributed by atoms with van der Waals surface area (Å²) >= 11 is 0. The molecule has 25 heavy (non-hydrogen) atoms. The second-order valence-electron chi connectivity index (χ2n) is 6.28. The van der Waals surface area contributed by atoms with Crippen molar-refractivity contribution in [1.29, 1.82) is 0 Å². The number of hydrogen-bond acceptors (Lipinski definition) is 7. The minimum absolute atomic E-state index is 0.0310. The van der Waals surface area contributed by atoms with E-state index in [1.807, 2.05) is 11.0 Å². The van der Waals surface area contributed by atoms with Gasteiger partial charge in [-0.05, 0) is 18.9 Å². The third-order valence-electron chi connectivity index (χ3n) is 4.70. The first-order valence-electron chi connectivity index (χ1n) is 8.69. The van der Waals surface area contributed by atoms with E-state index in [0.717, 1.165) is 32.0 Å². The first-order valence-corrected chi connectivity index (χ1v) is 8.69. The molecule has 2 aliphatic heterocycles. The smallest absolute Gasteiger partial charge is 0.272 e. The lowest BCUT2D eigenvalue weighted by molar-refractivity contribution is 0.0740. The molecule has 0 aliphatic carbocycles. The summed E-state index contributed by atoms with van der Waals surface area (Å²) in [6.07, 6.45) is 7.32. The highest BCUT2D eigenvalue weighted by Gasteiger charge is 2.25. The van der Waals surface area contributed by atoms with Crippen molar-refractivity contribution in [2.75, 3.05) is 49.1 Å². The number of amides is 1. The molecule has 2 saturated heterocycles. The van der Waals surface area contributed by atoms with Crippen LogP contribution in [-0.4, -0.2) is 70.0 Å². The molecule has 130 valence electrons. The van der Waals surface area contributed by atoms with Gasteiger partial charge < -0.3 is 14.7 Å². The lowest BCUT2D eigenvalue weighted by atomic mass is 10.2. The van der Waals surface area contributed by atoms with Gasteiger partial charge in [-0.15, -0.1) is 0 Å². The van der Waals surface area contributed by atoms with Crippen molar-refractivity contribution in [2.24, 2.45) is 0 Å². The quantitative estimate of drug-likeness (QED) is 0.819. The van der Waals surface area contributed by atoms with Crippen LogP contribution in [0.15, 0.2) is 30.9 Å². The van der Waals surface area contributed by atoms with E-state index >= 15 is 0 Å². The van der Waals surface area contributed by atoms with Crippen LogP contribution >= 0.6 is 0 Å². The third-order valence-corrected chi connectivity index (χ3v) is 4.70. The maximum Gasteiger partial charge on any atom is 0.272 e. The second kappa shape index (κ2) is 7.00. The van der Waals surface area contributed by atoms with Gasteiger partial charge in [-0.3, -0.25) is 4.79 Å². The predicted molar refractivity (Wildman–Crippen MR) is 93.6 cm³/mol. The van der Waals surface area contributed by atoms with Crippen LogP contribution in [0.3, 0.4) is 0 Å². The number of anilines is 2. The van der Waals surface area contributed by atoms with Crippen LogP contribution in [0.4, 0.5) is 11.8 Å². The lowest BCUT2D eigenvalue weighted by Gasteiger charge is -2.34. The number of aromatic nitrogens is 4. The number of carbonyl (C=O) groups is 1. The maximum atomic E-state index is 12.8. The molecule has 4 rings (SSSR count). The Labute approximate surface area is 146 Å². The Hall–Kier alpha value is -2.77. The average Bonchev–Trinajstić information content (AvgIpc) is 3.23. The minimum atomic E-state index is -0.0310. The molecule has 8 heteroatoms. The van der Waals surface area contributed by atoms with Gasteiger partial charge in [0.05, 0.1) is 0 Å². The molecule has 0 radical (unpaired) electrons. The van der Waals surface area contributed by atoms with Crippen LogP contribution in [-0.2, 0) is 0 Å². The van der Waals surface area contributed by atoms with Crippen molar-refractivity contribution in [1.82, 2.24) is 24.8 Å². The molecule has 0 saturated carbocycles. The molecular weight excluding hydrogens is 318 g/mol. The maximum absolute atomic E-state index is 12.8. The Balaban J connectivity index is 1.41. The van der Waals surface area contributed by atoms with Gasteiger partial charge in [-0.1, -0.05) is 0 Å². The summed E-state index contributed by atoms with van der Waals surface area (Å²) in [7, 11) is 0. The molecule has 2 fully saturated rings. The van der Waals surface area contributed by atoms with E-state index in [1.54, 1.807) is 18.5 Å². The molecule has 0 aromatic carbocycles. The summed E-state index contributed by atoms with van der Waals surface area (Å²) < 4.78 is 0. The number of carbonyl (C=O) groups excluding carboxylic acids is 1. The summed E-state index contributed by atoms with van der Waals surface area (Å²) in [6.45, 7) is 4.72. The summed E-state index contributed by atoms with van der Waals surface area (Å²) in [5.41, 5.74) is 0.473. The average molecular weight is 339 g/mol. The van der Waals surface area contributed by atoms with Crippen molar-refractivity contribution >= 4 is 17.7 Å². The molecule has 0 spiro atoms. The minimum Gasteiger partial charge on any atom is -0.357 e. The van der Waals surface area contributed by atoms with Crippen LogP contribution in [0, 0.1) is 0 Å². The summed E-state index contributed by atoms with van der Waals surface area (Å²) in [6, 6.07) is 3.62. The molecule has 2 aliphatic rings. The summed E-state index contributed by atoms with van der Waals surface area (Å²) in [4.78, 5) is 36.0. The normalized spacial score (nSPS) is 17.8. The Morgan fingerprint density at radius 3 is 2.28 bits per heavy atom. The zero-order valence-corrected chi connectivity index (χ0v) is 14.1. The summed E-state index contributed by atoms with van der Waals surface area (Å²) in [5.74, 6) is 1.54. The molecule has 2 aromatic heterocycles. The molecule has 2 aromatic rings. The molecule has 1 amide bonds. The Morgan fingerprint density at radius 1 is 0.840 bits per heavy atom. The van der Waals surface area contributed by atoms with Gasteiger partial charge in [0.15, 0.2) is 0 Å². The standard InChI is InChI=1S/C17H21N7O/c25-16(14-12-15(21-13-20-14)22-6-1-2-7-22)23-8-10-24(11-9-23)17-18-4-3-5-19-17/h3-5,12-13H,1-2,6-11H2. The van der Waals surface area contributed by atoms with Crippen LogP contribution in [0.25, 0.3) is 0 Å². The van der Waals surface area contributed by atoms with Gasteiger partial charge in [0.1, 0.15) is 17.8 Å². The molecule has 0 N–H and O–H groups in total. The first-order chi connectivity index (χ1) is 12.3. The molecule has 8 nitrogen and oxygen atoms in total. The van der Waals surface area contributed by atoms with Crippen LogP contribution in [0.2, 0.25) is 0 Å². The molecular formula is C17H21N7O. The van der Waals surface area contributed by atoms with E-state index in [4.69, 9.17) is 0 Å². The molecule has 0 atom stereocenters. The van der Waals surface area contributed by atoms with Crippen LogP contribution < -0.4 is 9.80 Å². The zero-order chi connectivity index (χ0) is 17.1. The van der Waals surface area contributed by atoms with E-state index in [9.17, 15) is 4.79 Å². The Kier molecular flexibility index (Phi) is 4.41. The fraction of sp³-hybridized carbons (Fsp3) is 0.471. The highest BCUT2D eigenvalue weighted by Crippen LogP contribution is 2.19. The molecule has 4 heterocycles. The van der Waals surface area contributed by atoms with E-state index in [0.29, 0.717) is 24.7 Å². The fourth-order valence-corrected chi connectivity index (χ4v) is 3.31. The van der Waals surface area contributed by atoms with E-state index in [1.165, 1.54) is 19.2 Å². The highest BCUT2D eigenvalue weighted by atomic mass is 16.2. The van der Waals surface area contributed by atoms with Crippen molar-refractivity contribution in [3.63, 3.8) is 0 Å². The number of hydrogen-bond donors (Lipinski definition) is 0. The van der Waals surface area contributed by atoms with Gasteiger partial charge in [0.25, 0.3) is 5.91 Å². The monoisotopic (exact) mass is 339 g/mol. The van der Waals surface area contributed by atoms with Gasteiger partial charge in [-0.2, -0.15) is 0 Å². The predicted octanol–water partition coefficient (Wildman–Crippen LogP) is 0.829. The molecule has 0 bridgehead atoms. The van der Waals surface area contributed by atoms with Gasteiger partial charge in [0, 0.05) is 57.7 Å². The molecule has 0 unspecified atom stereocenters. The summed E-state index contributed by atoms with van der Waals surface area (Å²) in [5, 5.41) is 0. The zero-order valence-electron chi connectivity index (χ0n) is 14.1. The lowest BCUT2D eigenvalue weighted by Crippen LogP contribution is -2.49. The topological polar surface area (TPSA) is 78.4 Å². The third kappa shape index (κ3) is 3.38. The van der Waals surface area contributed by atoms with Crippen LogP contribution in [0.1, 0.15) is 23.3 Å². The van der Waals surface area contributed by atoms with Crippen molar-refractivity contribution in [3.05, 3.63) is 36.5 Å². The van der Waals surface area contributed by atoms with E-state index in [-0.39, 0.29) is 5.91 Å². The fourth-order valence-electron chi connectivity index (χ4n) is 3.31. The van der Waals surface area contributed by atoms with Gasteiger partial charge >= 0.3 is 0 Å². The largest absolute Gasteiger partial charge is 0.357 e. The Morgan fingerprint density at radius 2 is 1.56 bits per heavy atom. The van der Waals surface area contributed by atoms with E-state index in [2.05, 4.69) is 29.7 Å². The van der Waals surface area contributed by atoms with Gasteiger partial charge in [-0.25, -0.2) is 19.9 Å². The van der Waals surface area contributed by atoms with Crippen LogP contribution in [0.5, 0.6) is 0 Å². The van der Waals surface area contributed by atoms with Crippen molar-refractivity contribution in [2.45, 2.75) is 12.8 Å². The Bertz CT molecular complexity index is 725. The van der Waals surface area contributed by atoms with Crippen molar-refractivity contribution in [3.8, 4) is 0 Å². The van der Waals surface area contributed by atoms with Gasteiger partial charge in [0.2, 0.25) is 5.95 Å². The number of piperazine rings is 1. The van der Waals surface area contributed by atoms with E-state index < -0.39 is 0 Å².